The molecule has 1 amide bonds. The van der Waals surface area contributed by atoms with E-state index in [1.54, 1.807) is 4.68 Å². The van der Waals surface area contributed by atoms with Gasteiger partial charge in [-0.3, -0.25) is 9.48 Å². The van der Waals surface area contributed by atoms with Crippen LogP contribution in [0.5, 0.6) is 0 Å². The van der Waals surface area contributed by atoms with Gasteiger partial charge in [0.1, 0.15) is 5.82 Å². The van der Waals surface area contributed by atoms with Crippen molar-refractivity contribution in [3.63, 3.8) is 0 Å². The first-order valence-electron chi connectivity index (χ1n) is 6.38. The van der Waals surface area contributed by atoms with Gasteiger partial charge >= 0.3 is 0 Å². The van der Waals surface area contributed by atoms with Gasteiger partial charge in [-0.25, -0.2) is 0 Å². The SMILES string of the molecule is Cc1nn(C)c2c1[C@@H](c1c(Cl)cccc1Cl)SCC(=O)N2. The molecule has 7 heteroatoms. The molecule has 1 aromatic carbocycles. The predicted molar refractivity (Wildman–Crippen MR) is 87.3 cm³/mol. The van der Waals surface area contributed by atoms with E-state index in [2.05, 4.69) is 10.4 Å². The van der Waals surface area contributed by atoms with Gasteiger partial charge in [-0.2, -0.15) is 5.10 Å². The van der Waals surface area contributed by atoms with Crippen molar-refractivity contribution in [1.29, 1.82) is 0 Å². The lowest BCUT2D eigenvalue weighted by atomic mass is 10.0. The molecule has 110 valence electrons. The van der Waals surface area contributed by atoms with Crippen molar-refractivity contribution >= 4 is 46.7 Å². The van der Waals surface area contributed by atoms with E-state index in [0.717, 1.165) is 16.8 Å². The van der Waals surface area contributed by atoms with E-state index < -0.39 is 0 Å². The number of anilines is 1. The van der Waals surface area contributed by atoms with Crippen LogP contribution < -0.4 is 5.32 Å². The number of hydrogen-bond acceptors (Lipinski definition) is 3. The van der Waals surface area contributed by atoms with Crippen LogP contribution in [-0.4, -0.2) is 21.4 Å². The Morgan fingerprint density at radius 2 is 2.00 bits per heavy atom. The van der Waals surface area contributed by atoms with Crippen molar-refractivity contribution in [2.75, 3.05) is 11.1 Å². The van der Waals surface area contributed by atoms with Crippen LogP contribution in [0.3, 0.4) is 0 Å². The highest BCUT2D eigenvalue weighted by Gasteiger charge is 2.31. The highest BCUT2D eigenvalue weighted by atomic mass is 35.5. The Labute approximate surface area is 136 Å². The number of hydrogen-bond donors (Lipinski definition) is 1. The van der Waals surface area contributed by atoms with Gasteiger partial charge < -0.3 is 5.32 Å². The quantitative estimate of drug-likeness (QED) is 0.857. The number of carbonyl (C=O) groups is 1. The van der Waals surface area contributed by atoms with E-state index in [1.165, 1.54) is 11.8 Å². The summed E-state index contributed by atoms with van der Waals surface area (Å²) in [4.78, 5) is 11.9. The molecule has 0 aliphatic carbocycles. The molecule has 1 aliphatic heterocycles. The highest BCUT2D eigenvalue weighted by Crippen LogP contribution is 2.47. The minimum absolute atomic E-state index is 0.0464. The number of thioether (sulfide) groups is 1. The molecule has 0 unspecified atom stereocenters. The second-order valence-corrected chi connectivity index (χ2v) is 6.75. The zero-order valence-corrected chi connectivity index (χ0v) is 13.8. The summed E-state index contributed by atoms with van der Waals surface area (Å²) < 4.78 is 1.69. The number of rotatable bonds is 1. The number of halogens is 2. The minimum atomic E-state index is -0.117. The van der Waals surface area contributed by atoms with Gasteiger partial charge in [0, 0.05) is 28.2 Å². The molecule has 2 heterocycles. The molecule has 1 N–H and O–H groups in total. The molecule has 2 aromatic rings. The van der Waals surface area contributed by atoms with E-state index in [1.807, 2.05) is 32.2 Å². The van der Waals surface area contributed by atoms with E-state index in [9.17, 15) is 4.79 Å². The molecule has 0 spiro atoms. The summed E-state index contributed by atoms with van der Waals surface area (Å²) in [6.07, 6.45) is 0. The third kappa shape index (κ3) is 2.54. The Morgan fingerprint density at radius 3 is 2.67 bits per heavy atom. The molecule has 21 heavy (non-hydrogen) atoms. The minimum Gasteiger partial charge on any atom is -0.310 e. The largest absolute Gasteiger partial charge is 0.310 e. The smallest absolute Gasteiger partial charge is 0.235 e. The maximum absolute atomic E-state index is 11.9. The number of nitrogens with zero attached hydrogens (tertiary/aromatic N) is 2. The first kappa shape index (κ1) is 14.8. The first-order chi connectivity index (χ1) is 9.99. The van der Waals surface area contributed by atoms with Crippen LogP contribution in [0, 0.1) is 6.92 Å². The maximum atomic E-state index is 11.9. The van der Waals surface area contributed by atoms with Gasteiger partial charge in [0.15, 0.2) is 0 Å². The topological polar surface area (TPSA) is 46.9 Å². The number of carbonyl (C=O) groups excluding carboxylic acids is 1. The fourth-order valence-corrected chi connectivity index (χ4v) is 4.54. The molecule has 1 atom stereocenters. The lowest BCUT2D eigenvalue weighted by Gasteiger charge is -2.18. The number of benzene rings is 1. The number of fused-ring (bicyclic) bond motifs is 1. The van der Waals surface area contributed by atoms with Crippen LogP contribution >= 0.6 is 35.0 Å². The van der Waals surface area contributed by atoms with Crippen LogP contribution in [0.2, 0.25) is 10.0 Å². The van der Waals surface area contributed by atoms with Crippen LogP contribution in [-0.2, 0) is 11.8 Å². The number of aryl methyl sites for hydroxylation is 2. The number of nitrogens with one attached hydrogen (secondary N) is 1. The number of aromatic nitrogens is 2. The van der Waals surface area contributed by atoms with Crippen LogP contribution in [0.15, 0.2) is 18.2 Å². The summed E-state index contributed by atoms with van der Waals surface area (Å²) in [5.41, 5.74) is 2.66. The van der Waals surface area contributed by atoms with E-state index in [-0.39, 0.29) is 11.2 Å². The van der Waals surface area contributed by atoms with E-state index in [0.29, 0.717) is 21.6 Å². The Hall–Kier alpha value is -1.17. The van der Waals surface area contributed by atoms with Gasteiger partial charge in [-0.15, -0.1) is 11.8 Å². The molecule has 0 saturated heterocycles. The van der Waals surface area contributed by atoms with Gasteiger partial charge in [0.05, 0.1) is 16.7 Å². The van der Waals surface area contributed by atoms with Crippen molar-refractivity contribution in [2.45, 2.75) is 12.2 Å². The molecule has 4 nitrogen and oxygen atoms in total. The van der Waals surface area contributed by atoms with Crippen molar-refractivity contribution < 1.29 is 4.79 Å². The third-order valence-electron chi connectivity index (χ3n) is 3.43. The summed E-state index contributed by atoms with van der Waals surface area (Å²) in [6, 6.07) is 5.44. The van der Waals surface area contributed by atoms with E-state index in [4.69, 9.17) is 23.2 Å². The Kier molecular flexibility index (Phi) is 3.90. The van der Waals surface area contributed by atoms with Crippen molar-refractivity contribution in [3.8, 4) is 0 Å². The molecule has 0 bridgehead atoms. The number of amides is 1. The molecule has 1 aliphatic rings. The van der Waals surface area contributed by atoms with Gasteiger partial charge in [-0.1, -0.05) is 29.3 Å². The molecule has 0 fully saturated rings. The lowest BCUT2D eigenvalue weighted by molar-refractivity contribution is -0.113. The Balaban J connectivity index is 2.22. The fraction of sp³-hybridized carbons (Fsp3) is 0.286. The lowest BCUT2D eigenvalue weighted by Crippen LogP contribution is -2.15. The summed E-state index contributed by atoms with van der Waals surface area (Å²) in [7, 11) is 1.81. The Morgan fingerprint density at radius 1 is 1.33 bits per heavy atom. The standard InChI is InChI=1S/C14H13Cl2N3OS/c1-7-11-13(12-8(15)4-3-5-9(12)16)21-6-10(20)17-14(11)19(2)18-7/h3-5,13H,6H2,1-2H3,(H,17,20)/t13-/m0/s1. The van der Waals surface area contributed by atoms with E-state index >= 15 is 0 Å². The zero-order valence-electron chi connectivity index (χ0n) is 11.5. The normalized spacial score (nSPS) is 18.1. The second-order valence-electron chi connectivity index (χ2n) is 4.85. The van der Waals surface area contributed by atoms with Crippen LogP contribution in [0.1, 0.15) is 22.1 Å². The summed E-state index contributed by atoms with van der Waals surface area (Å²) in [5, 5.41) is 8.40. The molecule has 3 rings (SSSR count). The molecule has 0 saturated carbocycles. The summed E-state index contributed by atoms with van der Waals surface area (Å²) in [6.45, 7) is 1.93. The molecule has 0 radical (unpaired) electrons. The second kappa shape index (κ2) is 5.55. The third-order valence-corrected chi connectivity index (χ3v) is 5.32. The summed E-state index contributed by atoms with van der Waals surface area (Å²) >= 11 is 14.2. The van der Waals surface area contributed by atoms with Gasteiger partial charge in [0.2, 0.25) is 5.91 Å². The molecular formula is C14H13Cl2N3OS. The molecule has 1 aromatic heterocycles. The fourth-order valence-electron chi connectivity index (χ4n) is 2.54. The average Bonchev–Trinajstić information content (AvgIpc) is 2.59. The zero-order chi connectivity index (χ0) is 15.1. The highest BCUT2D eigenvalue weighted by molar-refractivity contribution is 8.00. The molecular weight excluding hydrogens is 329 g/mol. The van der Waals surface area contributed by atoms with Crippen LogP contribution in [0.25, 0.3) is 0 Å². The van der Waals surface area contributed by atoms with Gasteiger partial charge in [0.25, 0.3) is 0 Å². The monoisotopic (exact) mass is 341 g/mol. The first-order valence-corrected chi connectivity index (χ1v) is 8.18. The van der Waals surface area contributed by atoms with Crippen molar-refractivity contribution in [1.82, 2.24) is 9.78 Å². The predicted octanol–water partition coefficient (Wildman–Crippen LogP) is 3.81. The Bertz CT molecular complexity index is 709. The van der Waals surface area contributed by atoms with Crippen LogP contribution in [0.4, 0.5) is 5.82 Å². The van der Waals surface area contributed by atoms with Gasteiger partial charge in [-0.05, 0) is 19.1 Å². The summed E-state index contributed by atoms with van der Waals surface area (Å²) in [5.74, 6) is 1.01. The maximum Gasteiger partial charge on any atom is 0.235 e. The van der Waals surface area contributed by atoms with Crippen molar-refractivity contribution in [3.05, 3.63) is 45.1 Å². The van der Waals surface area contributed by atoms with Crippen molar-refractivity contribution in [2.24, 2.45) is 7.05 Å². The average molecular weight is 342 g/mol.